The van der Waals surface area contributed by atoms with E-state index in [-0.39, 0.29) is 5.91 Å². The number of hydrogen-bond donors (Lipinski definition) is 0. The molecular weight excluding hydrogens is 402 g/mol. The maximum atomic E-state index is 13.0. The summed E-state index contributed by atoms with van der Waals surface area (Å²) < 4.78 is 2.21. The molecule has 0 aliphatic carbocycles. The van der Waals surface area contributed by atoms with Crippen molar-refractivity contribution in [2.45, 2.75) is 18.1 Å². The number of anilines is 1. The van der Waals surface area contributed by atoms with E-state index in [1.165, 1.54) is 22.9 Å². The third-order valence-corrected chi connectivity index (χ3v) is 6.56. The van der Waals surface area contributed by atoms with E-state index in [0.29, 0.717) is 12.3 Å². The van der Waals surface area contributed by atoms with Gasteiger partial charge in [0.15, 0.2) is 5.16 Å². The molecule has 154 valence electrons. The molecule has 0 saturated carbocycles. The van der Waals surface area contributed by atoms with Crippen LogP contribution in [-0.2, 0) is 17.8 Å². The minimum Gasteiger partial charge on any atom is -0.314 e. The molecule has 4 aromatic rings. The van der Waals surface area contributed by atoms with Crippen molar-refractivity contribution in [1.29, 1.82) is 0 Å². The number of fused-ring (bicyclic) bond motifs is 1. The molecule has 5 rings (SSSR count). The predicted molar refractivity (Wildman–Crippen MR) is 126 cm³/mol. The maximum Gasteiger partial charge on any atom is 0.237 e. The number of rotatable bonds is 6. The highest BCUT2D eigenvalue weighted by atomic mass is 32.2. The molecule has 2 heterocycles. The monoisotopic (exact) mass is 425 g/mol. The largest absolute Gasteiger partial charge is 0.314 e. The Hall–Kier alpha value is -3.31. The van der Waals surface area contributed by atoms with Gasteiger partial charge >= 0.3 is 0 Å². The van der Waals surface area contributed by atoms with Gasteiger partial charge in [-0.15, -0.1) is 0 Å². The molecule has 1 aliphatic heterocycles. The van der Waals surface area contributed by atoms with E-state index in [2.05, 4.69) is 52.0 Å². The van der Waals surface area contributed by atoms with Crippen molar-refractivity contribution in [3.63, 3.8) is 0 Å². The highest BCUT2D eigenvalue weighted by molar-refractivity contribution is 7.99. The van der Waals surface area contributed by atoms with Crippen molar-refractivity contribution >= 4 is 23.4 Å². The molecule has 3 aromatic carbocycles. The number of nitrogens with zero attached hydrogens (tertiary/aromatic N) is 3. The van der Waals surface area contributed by atoms with Gasteiger partial charge < -0.3 is 9.47 Å². The second kappa shape index (κ2) is 8.82. The lowest BCUT2D eigenvalue weighted by atomic mass is 10.1. The molecule has 0 atom stereocenters. The van der Waals surface area contributed by atoms with Crippen molar-refractivity contribution in [3.8, 4) is 11.3 Å². The van der Waals surface area contributed by atoms with Gasteiger partial charge in [0.05, 0.1) is 24.2 Å². The molecule has 1 aliphatic rings. The predicted octanol–water partition coefficient (Wildman–Crippen LogP) is 5.28. The Morgan fingerprint density at radius 3 is 2.42 bits per heavy atom. The minimum absolute atomic E-state index is 0.130. The van der Waals surface area contributed by atoms with Gasteiger partial charge in [0.2, 0.25) is 5.91 Å². The lowest BCUT2D eigenvalue weighted by Crippen LogP contribution is -2.30. The van der Waals surface area contributed by atoms with Gasteiger partial charge in [-0.1, -0.05) is 90.6 Å². The molecule has 0 bridgehead atoms. The van der Waals surface area contributed by atoms with Gasteiger partial charge in [-0.2, -0.15) is 0 Å². The standard InChI is InChI=1S/C26H23N3OS/c30-25(28-16-15-22-13-7-8-14-23(22)28)19-31-26-27-17-24(21-11-5-2-6-12-21)29(26)18-20-9-3-1-4-10-20/h1-14,17H,15-16,18-19H2. The zero-order valence-electron chi connectivity index (χ0n) is 17.1. The van der Waals surface area contributed by atoms with Crippen LogP contribution in [0.2, 0.25) is 0 Å². The second-order valence-electron chi connectivity index (χ2n) is 7.58. The first-order valence-electron chi connectivity index (χ1n) is 10.5. The zero-order chi connectivity index (χ0) is 21.0. The Bertz CT molecular complexity index is 1190. The lowest BCUT2D eigenvalue weighted by molar-refractivity contribution is -0.116. The fourth-order valence-corrected chi connectivity index (χ4v) is 4.89. The van der Waals surface area contributed by atoms with Gasteiger partial charge in [-0.05, 0) is 29.2 Å². The first kappa shape index (κ1) is 19.6. The summed E-state index contributed by atoms with van der Waals surface area (Å²) in [6.45, 7) is 1.47. The average Bonchev–Trinajstić information content (AvgIpc) is 3.43. The van der Waals surface area contributed by atoms with Crippen LogP contribution in [0.25, 0.3) is 11.3 Å². The summed E-state index contributed by atoms with van der Waals surface area (Å²) >= 11 is 1.51. The molecule has 0 unspecified atom stereocenters. The Morgan fingerprint density at radius 1 is 0.903 bits per heavy atom. The summed E-state index contributed by atoms with van der Waals surface area (Å²) in [5.74, 6) is 0.499. The van der Waals surface area contributed by atoms with Crippen LogP contribution in [0.3, 0.4) is 0 Å². The summed E-state index contributed by atoms with van der Waals surface area (Å²) in [5.41, 5.74) is 5.69. The lowest BCUT2D eigenvalue weighted by Gasteiger charge is -2.17. The van der Waals surface area contributed by atoms with Crippen LogP contribution >= 0.6 is 11.8 Å². The average molecular weight is 426 g/mol. The number of benzene rings is 3. The fraction of sp³-hybridized carbons (Fsp3) is 0.154. The number of para-hydroxylation sites is 1. The second-order valence-corrected chi connectivity index (χ2v) is 8.52. The molecule has 31 heavy (non-hydrogen) atoms. The van der Waals surface area contributed by atoms with E-state index in [0.717, 1.165) is 35.1 Å². The van der Waals surface area contributed by atoms with E-state index in [9.17, 15) is 4.79 Å². The molecule has 0 N–H and O–H groups in total. The van der Waals surface area contributed by atoms with Gasteiger partial charge in [-0.3, -0.25) is 4.79 Å². The maximum absolute atomic E-state index is 13.0. The smallest absolute Gasteiger partial charge is 0.237 e. The number of carbonyl (C=O) groups is 1. The molecule has 0 spiro atoms. The number of hydrogen-bond acceptors (Lipinski definition) is 3. The highest BCUT2D eigenvalue weighted by Gasteiger charge is 2.24. The Kier molecular flexibility index (Phi) is 5.59. The first-order valence-corrected chi connectivity index (χ1v) is 11.4. The van der Waals surface area contributed by atoms with E-state index in [4.69, 9.17) is 0 Å². The summed E-state index contributed by atoms with van der Waals surface area (Å²) in [6, 6.07) is 28.8. The van der Waals surface area contributed by atoms with Crippen molar-refractivity contribution in [2.75, 3.05) is 17.2 Å². The number of thioether (sulfide) groups is 1. The van der Waals surface area contributed by atoms with E-state index >= 15 is 0 Å². The Labute approximate surface area is 186 Å². The quantitative estimate of drug-likeness (QED) is 0.395. The van der Waals surface area contributed by atoms with Crippen LogP contribution < -0.4 is 4.90 Å². The van der Waals surface area contributed by atoms with E-state index in [1.54, 1.807) is 0 Å². The van der Waals surface area contributed by atoms with Crippen LogP contribution in [0.4, 0.5) is 5.69 Å². The molecule has 0 saturated heterocycles. The van der Waals surface area contributed by atoms with Crippen LogP contribution in [0.15, 0.2) is 96.3 Å². The number of amides is 1. The van der Waals surface area contributed by atoms with E-state index < -0.39 is 0 Å². The number of aromatic nitrogens is 2. The van der Waals surface area contributed by atoms with Crippen LogP contribution in [-0.4, -0.2) is 27.8 Å². The summed E-state index contributed by atoms with van der Waals surface area (Å²) in [6.07, 6.45) is 2.84. The third-order valence-electron chi connectivity index (χ3n) is 5.58. The first-order chi connectivity index (χ1) is 15.3. The van der Waals surface area contributed by atoms with Crippen molar-refractivity contribution in [2.24, 2.45) is 0 Å². The fourth-order valence-electron chi connectivity index (χ4n) is 4.03. The van der Waals surface area contributed by atoms with Crippen molar-refractivity contribution < 1.29 is 4.79 Å². The van der Waals surface area contributed by atoms with Crippen LogP contribution in [0.5, 0.6) is 0 Å². The van der Waals surface area contributed by atoms with Crippen molar-refractivity contribution in [3.05, 3.63) is 102 Å². The molecule has 1 amide bonds. The zero-order valence-corrected chi connectivity index (χ0v) is 18.0. The highest BCUT2D eigenvalue weighted by Crippen LogP contribution is 2.30. The summed E-state index contributed by atoms with van der Waals surface area (Å²) in [7, 11) is 0. The molecule has 5 heteroatoms. The SMILES string of the molecule is O=C(CSc1ncc(-c2ccccc2)n1Cc1ccccc1)N1CCc2ccccc21. The van der Waals surface area contributed by atoms with Gasteiger partial charge in [0, 0.05) is 12.2 Å². The molecular formula is C26H23N3OS. The Balaban J connectivity index is 1.39. The topological polar surface area (TPSA) is 38.1 Å². The summed E-state index contributed by atoms with van der Waals surface area (Å²) in [4.78, 5) is 19.6. The van der Waals surface area contributed by atoms with Gasteiger partial charge in [0.25, 0.3) is 0 Å². The molecule has 0 fully saturated rings. The van der Waals surface area contributed by atoms with Crippen LogP contribution in [0, 0.1) is 0 Å². The third kappa shape index (κ3) is 4.14. The van der Waals surface area contributed by atoms with Gasteiger partial charge in [-0.25, -0.2) is 4.98 Å². The number of carbonyl (C=O) groups excluding carboxylic acids is 1. The van der Waals surface area contributed by atoms with E-state index in [1.807, 2.05) is 53.6 Å². The summed E-state index contributed by atoms with van der Waals surface area (Å²) in [5, 5.41) is 0.864. The molecule has 1 aromatic heterocycles. The molecule has 0 radical (unpaired) electrons. The Morgan fingerprint density at radius 2 is 1.61 bits per heavy atom. The van der Waals surface area contributed by atoms with Crippen LogP contribution in [0.1, 0.15) is 11.1 Å². The minimum atomic E-state index is 0.130. The normalized spacial score (nSPS) is 12.7. The molecule has 4 nitrogen and oxygen atoms in total. The number of imidazole rings is 1. The van der Waals surface area contributed by atoms with Crippen molar-refractivity contribution in [1.82, 2.24) is 9.55 Å². The van der Waals surface area contributed by atoms with Gasteiger partial charge in [0.1, 0.15) is 0 Å².